The Kier molecular flexibility index (Phi) is 3.74. The Bertz CT molecular complexity index is 335. The van der Waals surface area contributed by atoms with Crippen molar-refractivity contribution < 1.29 is 9.90 Å². The van der Waals surface area contributed by atoms with Gasteiger partial charge in [0.05, 0.1) is 12.2 Å². The van der Waals surface area contributed by atoms with Crippen molar-refractivity contribution in [1.29, 1.82) is 0 Å². The van der Waals surface area contributed by atoms with E-state index in [1.165, 1.54) is 0 Å². The van der Waals surface area contributed by atoms with E-state index in [0.29, 0.717) is 18.2 Å². The van der Waals surface area contributed by atoms with Gasteiger partial charge >= 0.3 is 0 Å². The molecule has 0 saturated carbocycles. The summed E-state index contributed by atoms with van der Waals surface area (Å²) in [5.74, 6) is 0.466. The number of hydrogen-bond donors (Lipinski definition) is 2. The molecule has 1 saturated heterocycles. The van der Waals surface area contributed by atoms with Crippen LogP contribution in [0.4, 0.5) is 0 Å². The van der Waals surface area contributed by atoms with Gasteiger partial charge in [-0.15, -0.1) is 0 Å². The van der Waals surface area contributed by atoms with Crippen LogP contribution in [0.15, 0.2) is 18.3 Å². The van der Waals surface area contributed by atoms with Crippen LogP contribution in [0.2, 0.25) is 0 Å². The lowest BCUT2D eigenvalue weighted by atomic mass is 9.99. The highest BCUT2D eigenvalue weighted by atomic mass is 16.3. The predicted octanol–water partition coefficient (Wildman–Crippen LogP) is 0.902. The number of aromatic amines is 1. The maximum absolute atomic E-state index is 11.8. The van der Waals surface area contributed by atoms with Gasteiger partial charge in [-0.25, -0.2) is 0 Å². The zero-order valence-corrected chi connectivity index (χ0v) is 9.35. The molecule has 4 nitrogen and oxygen atoms in total. The number of Topliss-reactive ketones (excluding diaryl/α,β-unsaturated/α-hetero) is 1. The summed E-state index contributed by atoms with van der Waals surface area (Å²) < 4.78 is 0. The van der Waals surface area contributed by atoms with Crippen molar-refractivity contribution in [1.82, 2.24) is 9.88 Å². The lowest BCUT2D eigenvalue weighted by Gasteiger charge is -2.30. The molecule has 1 aromatic heterocycles. The first kappa shape index (κ1) is 11.4. The summed E-state index contributed by atoms with van der Waals surface area (Å²) in [6, 6.07) is 3.63. The van der Waals surface area contributed by atoms with E-state index in [0.717, 1.165) is 25.9 Å². The number of H-pyrrole nitrogens is 1. The van der Waals surface area contributed by atoms with E-state index in [1.54, 1.807) is 12.3 Å². The molecule has 0 unspecified atom stereocenters. The Balaban J connectivity index is 1.87. The number of aliphatic hydroxyl groups is 1. The summed E-state index contributed by atoms with van der Waals surface area (Å²) in [5, 5.41) is 9.11. The number of rotatable bonds is 4. The van der Waals surface area contributed by atoms with Gasteiger partial charge in [0.1, 0.15) is 0 Å². The van der Waals surface area contributed by atoms with Gasteiger partial charge in [0.15, 0.2) is 5.78 Å². The molecule has 1 fully saturated rings. The minimum Gasteiger partial charge on any atom is -0.396 e. The van der Waals surface area contributed by atoms with Crippen molar-refractivity contribution in [2.45, 2.75) is 12.8 Å². The zero-order chi connectivity index (χ0) is 11.4. The highest BCUT2D eigenvalue weighted by molar-refractivity contribution is 5.95. The van der Waals surface area contributed by atoms with Crippen LogP contribution in [0.3, 0.4) is 0 Å². The van der Waals surface area contributed by atoms with Crippen LogP contribution < -0.4 is 0 Å². The van der Waals surface area contributed by atoms with Crippen LogP contribution in [0.25, 0.3) is 0 Å². The Hall–Kier alpha value is -1.13. The third kappa shape index (κ3) is 2.71. The minimum atomic E-state index is 0.128. The highest BCUT2D eigenvalue weighted by Crippen LogP contribution is 2.15. The van der Waals surface area contributed by atoms with Gasteiger partial charge in [0, 0.05) is 19.3 Å². The molecule has 0 bridgehead atoms. The van der Waals surface area contributed by atoms with Gasteiger partial charge < -0.3 is 10.1 Å². The predicted molar refractivity (Wildman–Crippen MR) is 61.4 cm³/mol. The Labute approximate surface area is 95.3 Å². The number of likely N-dealkylation sites (tertiary alicyclic amines) is 1. The number of aliphatic hydroxyl groups excluding tert-OH is 1. The molecule has 1 atom stereocenters. The van der Waals surface area contributed by atoms with E-state index in [4.69, 9.17) is 5.11 Å². The molecular weight excluding hydrogens is 204 g/mol. The molecule has 1 aromatic rings. The number of carbonyl (C=O) groups is 1. The number of nitrogens with zero attached hydrogens (tertiary/aromatic N) is 1. The monoisotopic (exact) mass is 222 g/mol. The molecule has 0 aliphatic carbocycles. The number of ketones is 1. The minimum absolute atomic E-state index is 0.128. The largest absolute Gasteiger partial charge is 0.396 e. The molecule has 4 heteroatoms. The SMILES string of the molecule is O=C(CN1CCC[C@H](CO)C1)c1ccc[nH]1. The average Bonchev–Trinajstić information content (AvgIpc) is 2.83. The van der Waals surface area contributed by atoms with E-state index in [2.05, 4.69) is 9.88 Å². The normalized spacial score (nSPS) is 22.2. The molecule has 16 heavy (non-hydrogen) atoms. The van der Waals surface area contributed by atoms with Gasteiger partial charge in [-0.1, -0.05) is 0 Å². The van der Waals surface area contributed by atoms with Crippen LogP contribution in [-0.4, -0.2) is 47.0 Å². The van der Waals surface area contributed by atoms with Gasteiger partial charge in [-0.2, -0.15) is 0 Å². The topological polar surface area (TPSA) is 56.3 Å². The molecule has 1 aliphatic rings. The molecule has 2 N–H and O–H groups in total. The third-order valence-electron chi connectivity index (χ3n) is 3.13. The molecule has 0 aromatic carbocycles. The van der Waals surface area contributed by atoms with E-state index in [-0.39, 0.29) is 12.4 Å². The third-order valence-corrected chi connectivity index (χ3v) is 3.13. The standard InChI is InChI=1S/C12H18N2O2/c15-9-10-3-2-6-14(7-10)8-12(16)11-4-1-5-13-11/h1,4-5,10,13,15H,2-3,6-9H2/t10-/m0/s1. The molecule has 2 heterocycles. The average molecular weight is 222 g/mol. The van der Waals surface area contributed by atoms with Crippen molar-refractivity contribution in [3.63, 3.8) is 0 Å². The summed E-state index contributed by atoms with van der Waals surface area (Å²) in [6.07, 6.45) is 3.91. The fourth-order valence-corrected chi connectivity index (χ4v) is 2.24. The van der Waals surface area contributed by atoms with Crippen LogP contribution in [-0.2, 0) is 0 Å². The van der Waals surface area contributed by atoms with E-state index in [1.807, 2.05) is 6.07 Å². The van der Waals surface area contributed by atoms with Crippen molar-refractivity contribution in [2.24, 2.45) is 5.92 Å². The lowest BCUT2D eigenvalue weighted by Crippen LogP contribution is -2.39. The van der Waals surface area contributed by atoms with Gasteiger partial charge in [-0.3, -0.25) is 9.69 Å². The van der Waals surface area contributed by atoms with Crippen molar-refractivity contribution in [2.75, 3.05) is 26.2 Å². The van der Waals surface area contributed by atoms with E-state index in [9.17, 15) is 4.79 Å². The Morgan fingerprint density at radius 1 is 1.62 bits per heavy atom. The summed E-state index contributed by atoms with van der Waals surface area (Å²) in [4.78, 5) is 16.9. The van der Waals surface area contributed by atoms with Crippen LogP contribution >= 0.6 is 0 Å². The van der Waals surface area contributed by atoms with Gasteiger partial charge in [0.25, 0.3) is 0 Å². The quantitative estimate of drug-likeness (QED) is 0.744. The first-order valence-corrected chi connectivity index (χ1v) is 5.79. The molecule has 0 radical (unpaired) electrons. The maximum atomic E-state index is 11.8. The fourth-order valence-electron chi connectivity index (χ4n) is 2.24. The molecule has 2 rings (SSSR count). The second kappa shape index (κ2) is 5.27. The zero-order valence-electron chi connectivity index (χ0n) is 9.35. The lowest BCUT2D eigenvalue weighted by molar-refractivity contribution is 0.0829. The molecule has 0 spiro atoms. The first-order valence-electron chi connectivity index (χ1n) is 5.79. The Morgan fingerprint density at radius 2 is 2.50 bits per heavy atom. The number of carbonyl (C=O) groups excluding carboxylic acids is 1. The smallest absolute Gasteiger partial charge is 0.192 e. The first-order chi connectivity index (χ1) is 7.79. The van der Waals surface area contributed by atoms with Crippen LogP contribution in [0, 0.1) is 5.92 Å². The summed E-state index contributed by atoms with van der Waals surface area (Å²) >= 11 is 0. The summed E-state index contributed by atoms with van der Waals surface area (Å²) in [6.45, 7) is 2.48. The maximum Gasteiger partial charge on any atom is 0.192 e. The van der Waals surface area contributed by atoms with Crippen molar-refractivity contribution in [3.05, 3.63) is 24.0 Å². The van der Waals surface area contributed by atoms with Crippen molar-refractivity contribution in [3.8, 4) is 0 Å². The second-order valence-electron chi connectivity index (χ2n) is 4.43. The van der Waals surface area contributed by atoms with E-state index < -0.39 is 0 Å². The summed E-state index contributed by atoms with van der Waals surface area (Å²) in [5.41, 5.74) is 0.672. The highest BCUT2D eigenvalue weighted by Gasteiger charge is 2.21. The number of nitrogens with one attached hydrogen (secondary N) is 1. The second-order valence-corrected chi connectivity index (χ2v) is 4.43. The summed E-state index contributed by atoms with van der Waals surface area (Å²) in [7, 11) is 0. The van der Waals surface area contributed by atoms with E-state index >= 15 is 0 Å². The fraction of sp³-hybridized carbons (Fsp3) is 0.583. The van der Waals surface area contributed by atoms with Crippen LogP contribution in [0.5, 0.6) is 0 Å². The number of aromatic nitrogens is 1. The van der Waals surface area contributed by atoms with Gasteiger partial charge in [0.2, 0.25) is 0 Å². The molecular formula is C12H18N2O2. The van der Waals surface area contributed by atoms with Crippen LogP contribution in [0.1, 0.15) is 23.3 Å². The molecule has 0 amide bonds. The molecule has 88 valence electrons. The van der Waals surface area contributed by atoms with Crippen molar-refractivity contribution >= 4 is 5.78 Å². The van der Waals surface area contributed by atoms with Gasteiger partial charge in [-0.05, 0) is 37.4 Å². The molecule has 1 aliphatic heterocycles. The number of hydrogen-bond acceptors (Lipinski definition) is 3. The Morgan fingerprint density at radius 3 is 3.19 bits per heavy atom. The number of piperidine rings is 1.